The summed E-state index contributed by atoms with van der Waals surface area (Å²) in [5, 5.41) is 0. The summed E-state index contributed by atoms with van der Waals surface area (Å²) in [5.74, 6) is 0.0225. The van der Waals surface area contributed by atoms with E-state index in [9.17, 15) is 4.79 Å². The Morgan fingerprint density at radius 2 is 1.88 bits per heavy atom. The quantitative estimate of drug-likeness (QED) is 0.485. The third kappa shape index (κ3) is 3.37. The number of halogens is 1. The average Bonchev–Trinajstić information content (AvgIpc) is 2.31. The number of nitrogens with zero attached hydrogens (tertiary/aromatic N) is 2. The Kier molecular flexibility index (Phi) is 5.04. The first-order valence-corrected chi connectivity index (χ1v) is 4.76. The topological polar surface area (TPSA) is 33.8 Å². The highest BCUT2D eigenvalue weighted by Gasteiger charge is 2.13. The zero-order valence-corrected chi connectivity index (χ0v) is 10.7. The van der Waals surface area contributed by atoms with Crippen LogP contribution in [0.5, 0.6) is 0 Å². The Labute approximate surface area is 111 Å². The number of rotatable bonds is 2. The van der Waals surface area contributed by atoms with Gasteiger partial charge in [0, 0.05) is 18.3 Å². The number of hydrogen-bond acceptors (Lipinski definition) is 2. The molecule has 0 N–H and O–H groups in total. The van der Waals surface area contributed by atoms with Crippen molar-refractivity contribution in [2.45, 2.75) is 6.42 Å². The molecular formula is C12H11IN2O. The summed E-state index contributed by atoms with van der Waals surface area (Å²) in [5.41, 5.74) is 0.791. The van der Waals surface area contributed by atoms with Gasteiger partial charge in [-0.05, 0) is 12.1 Å². The van der Waals surface area contributed by atoms with Gasteiger partial charge < -0.3 is 24.0 Å². The zero-order chi connectivity index (χ0) is 10.5. The SMILES string of the molecule is O=C(Cc1ccccn1)[n+]1ccccc1.[I-]. The second-order valence-electron chi connectivity index (χ2n) is 3.17. The van der Waals surface area contributed by atoms with Gasteiger partial charge in [-0.15, -0.1) is 4.57 Å². The second-order valence-corrected chi connectivity index (χ2v) is 3.17. The zero-order valence-electron chi connectivity index (χ0n) is 8.58. The molecule has 0 atom stereocenters. The van der Waals surface area contributed by atoms with Crippen molar-refractivity contribution in [1.82, 2.24) is 4.98 Å². The van der Waals surface area contributed by atoms with Gasteiger partial charge >= 0.3 is 5.91 Å². The van der Waals surface area contributed by atoms with Gasteiger partial charge in [-0.2, -0.15) is 0 Å². The van der Waals surface area contributed by atoms with Crippen LogP contribution in [0.15, 0.2) is 55.0 Å². The molecule has 82 valence electrons. The Balaban J connectivity index is 0.00000128. The van der Waals surface area contributed by atoms with E-state index in [-0.39, 0.29) is 29.9 Å². The van der Waals surface area contributed by atoms with Gasteiger partial charge in [0.2, 0.25) is 0 Å². The molecule has 2 rings (SSSR count). The summed E-state index contributed by atoms with van der Waals surface area (Å²) < 4.78 is 1.56. The van der Waals surface area contributed by atoms with E-state index in [2.05, 4.69) is 4.98 Å². The number of hydrogen-bond donors (Lipinski definition) is 0. The van der Waals surface area contributed by atoms with Crippen LogP contribution in [0.25, 0.3) is 0 Å². The van der Waals surface area contributed by atoms with Crippen molar-refractivity contribution in [3.05, 3.63) is 60.7 Å². The molecule has 0 spiro atoms. The van der Waals surface area contributed by atoms with Crippen LogP contribution >= 0.6 is 0 Å². The third-order valence-corrected chi connectivity index (χ3v) is 2.06. The van der Waals surface area contributed by atoms with Gasteiger partial charge in [-0.3, -0.25) is 4.98 Å². The second kappa shape index (κ2) is 6.32. The smallest absolute Gasteiger partial charge is 0.398 e. The van der Waals surface area contributed by atoms with E-state index in [1.165, 1.54) is 0 Å². The van der Waals surface area contributed by atoms with Gasteiger partial charge in [0.25, 0.3) is 0 Å². The standard InChI is InChI=1S/C12H11N2O.HI/c15-12(14-8-4-1-5-9-14)10-11-6-2-3-7-13-11;/h1-9H,10H2;1H/q+1;/p-1. The first-order chi connectivity index (χ1) is 7.36. The van der Waals surface area contributed by atoms with Crippen molar-refractivity contribution in [2.75, 3.05) is 0 Å². The van der Waals surface area contributed by atoms with Crippen LogP contribution in [0.4, 0.5) is 0 Å². The lowest BCUT2D eigenvalue weighted by atomic mass is 10.2. The molecule has 3 nitrogen and oxygen atoms in total. The largest absolute Gasteiger partial charge is 1.00 e. The van der Waals surface area contributed by atoms with E-state index >= 15 is 0 Å². The molecule has 0 aliphatic heterocycles. The lowest BCUT2D eigenvalue weighted by Crippen LogP contribution is -3.00. The number of pyridine rings is 2. The molecule has 0 unspecified atom stereocenters. The fourth-order valence-electron chi connectivity index (χ4n) is 1.31. The van der Waals surface area contributed by atoms with E-state index in [1.54, 1.807) is 23.2 Å². The summed E-state index contributed by atoms with van der Waals surface area (Å²) in [4.78, 5) is 15.8. The minimum atomic E-state index is 0. The maximum absolute atomic E-state index is 11.7. The molecule has 4 heteroatoms. The highest BCUT2D eigenvalue weighted by molar-refractivity contribution is 5.69. The Hall–Kier alpha value is -1.30. The van der Waals surface area contributed by atoms with Crippen LogP contribution in [0.2, 0.25) is 0 Å². The van der Waals surface area contributed by atoms with Gasteiger partial charge in [-0.25, -0.2) is 4.79 Å². The molecule has 0 aromatic carbocycles. The molecule has 0 fully saturated rings. The lowest BCUT2D eigenvalue weighted by Gasteiger charge is -1.94. The van der Waals surface area contributed by atoms with Crippen LogP contribution in [0.3, 0.4) is 0 Å². The molecule has 0 bridgehead atoms. The van der Waals surface area contributed by atoms with E-state index in [0.29, 0.717) is 6.42 Å². The molecule has 16 heavy (non-hydrogen) atoms. The first kappa shape index (κ1) is 12.8. The number of carbonyl (C=O) groups excluding carboxylic acids is 1. The Morgan fingerprint density at radius 3 is 2.50 bits per heavy atom. The first-order valence-electron chi connectivity index (χ1n) is 4.76. The molecule has 0 saturated carbocycles. The van der Waals surface area contributed by atoms with Crippen molar-refractivity contribution in [3.8, 4) is 0 Å². The van der Waals surface area contributed by atoms with Crippen molar-refractivity contribution < 1.29 is 33.3 Å². The number of carbonyl (C=O) groups is 1. The van der Waals surface area contributed by atoms with Crippen molar-refractivity contribution in [3.63, 3.8) is 0 Å². The fourth-order valence-corrected chi connectivity index (χ4v) is 1.31. The predicted octanol–water partition coefficient (Wildman–Crippen LogP) is -1.74. The average molecular weight is 326 g/mol. The Morgan fingerprint density at radius 1 is 1.12 bits per heavy atom. The normalized spacial score (nSPS) is 9.25. The highest BCUT2D eigenvalue weighted by Crippen LogP contribution is 1.94. The van der Waals surface area contributed by atoms with E-state index in [4.69, 9.17) is 0 Å². The summed E-state index contributed by atoms with van der Waals surface area (Å²) >= 11 is 0. The molecule has 2 heterocycles. The molecule has 0 radical (unpaired) electrons. The van der Waals surface area contributed by atoms with Crippen LogP contribution in [-0.4, -0.2) is 10.9 Å². The van der Waals surface area contributed by atoms with Crippen LogP contribution in [0, 0.1) is 0 Å². The highest BCUT2D eigenvalue weighted by atomic mass is 127. The maximum atomic E-state index is 11.7. The lowest BCUT2D eigenvalue weighted by molar-refractivity contribution is -0.574. The molecule has 0 amide bonds. The van der Waals surface area contributed by atoms with E-state index < -0.39 is 0 Å². The van der Waals surface area contributed by atoms with Gasteiger partial charge in [-0.1, -0.05) is 12.1 Å². The van der Waals surface area contributed by atoms with Crippen LogP contribution in [0.1, 0.15) is 10.5 Å². The summed E-state index contributed by atoms with van der Waals surface area (Å²) in [6.07, 6.45) is 5.50. The summed E-state index contributed by atoms with van der Waals surface area (Å²) in [6.45, 7) is 0. The fraction of sp³-hybridized carbons (Fsp3) is 0.0833. The van der Waals surface area contributed by atoms with Crippen LogP contribution in [-0.2, 0) is 6.42 Å². The molecule has 2 aromatic rings. The van der Waals surface area contributed by atoms with Crippen molar-refractivity contribution in [1.29, 1.82) is 0 Å². The summed E-state index contributed by atoms with van der Waals surface area (Å²) in [6, 6.07) is 11.1. The van der Waals surface area contributed by atoms with E-state index in [1.807, 2.05) is 36.4 Å². The molecular weight excluding hydrogens is 315 g/mol. The predicted molar refractivity (Wildman–Crippen MR) is 55.2 cm³/mol. The molecule has 2 aromatic heterocycles. The maximum Gasteiger partial charge on any atom is 0.398 e. The Bertz CT molecular complexity index is 445. The summed E-state index contributed by atoms with van der Waals surface area (Å²) in [7, 11) is 0. The number of aromatic nitrogens is 2. The molecule has 0 aliphatic carbocycles. The van der Waals surface area contributed by atoms with Gasteiger partial charge in [0.15, 0.2) is 12.4 Å². The third-order valence-electron chi connectivity index (χ3n) is 2.06. The minimum absolute atomic E-state index is 0. The van der Waals surface area contributed by atoms with Crippen molar-refractivity contribution in [2.24, 2.45) is 0 Å². The van der Waals surface area contributed by atoms with Gasteiger partial charge in [0.1, 0.15) is 6.42 Å². The minimum Gasteiger partial charge on any atom is -1.00 e. The van der Waals surface area contributed by atoms with Crippen LogP contribution < -0.4 is 28.5 Å². The molecule has 0 saturated heterocycles. The molecule has 0 aliphatic rings. The van der Waals surface area contributed by atoms with E-state index in [0.717, 1.165) is 5.69 Å². The monoisotopic (exact) mass is 326 g/mol. The van der Waals surface area contributed by atoms with Crippen molar-refractivity contribution >= 4 is 5.91 Å². The van der Waals surface area contributed by atoms with Gasteiger partial charge in [0.05, 0.1) is 5.69 Å².